The number of hydrogen-bond acceptors (Lipinski definition) is 1. The van der Waals surface area contributed by atoms with Crippen molar-refractivity contribution in [1.82, 2.24) is 5.32 Å². The van der Waals surface area contributed by atoms with E-state index in [1.165, 1.54) is 12.1 Å². The normalized spacial score (nSPS) is 11.7. The van der Waals surface area contributed by atoms with Gasteiger partial charge in [0.2, 0.25) is 0 Å². The van der Waals surface area contributed by atoms with Crippen molar-refractivity contribution in [2.75, 3.05) is 5.33 Å². The topological polar surface area (TPSA) is 12.0 Å². The lowest BCUT2D eigenvalue weighted by atomic mass is 10.0. The predicted octanol–water partition coefficient (Wildman–Crippen LogP) is 3.48. The molecule has 0 amide bonds. The number of rotatable bonds is 5. The molecular weight excluding hydrogens is 257 g/mol. The van der Waals surface area contributed by atoms with Crippen molar-refractivity contribution in [3.05, 3.63) is 35.6 Å². The number of halogens is 2. The summed E-state index contributed by atoms with van der Waals surface area (Å²) in [5.41, 5.74) is 1.22. The molecule has 1 aromatic carbocycles. The molecular formula is C12H17BrFN. The Morgan fingerprint density at radius 2 is 1.87 bits per heavy atom. The second-order valence-corrected chi connectivity index (χ2v) is 5.10. The van der Waals surface area contributed by atoms with E-state index < -0.39 is 0 Å². The molecule has 3 heteroatoms. The lowest BCUT2D eigenvalue weighted by Gasteiger charge is -2.25. The van der Waals surface area contributed by atoms with E-state index in [0.717, 1.165) is 23.9 Å². The number of alkyl halides is 1. The van der Waals surface area contributed by atoms with Gasteiger partial charge < -0.3 is 5.32 Å². The molecule has 0 aromatic heterocycles. The Bertz CT molecular complexity index is 295. The van der Waals surface area contributed by atoms with Gasteiger partial charge in [-0.2, -0.15) is 0 Å². The summed E-state index contributed by atoms with van der Waals surface area (Å²) in [5, 5.41) is 4.43. The largest absolute Gasteiger partial charge is 0.308 e. The minimum atomic E-state index is -0.182. The van der Waals surface area contributed by atoms with E-state index in [1.54, 1.807) is 0 Å². The smallest absolute Gasteiger partial charge is 0.123 e. The summed E-state index contributed by atoms with van der Waals surface area (Å²) >= 11 is 3.43. The van der Waals surface area contributed by atoms with Gasteiger partial charge in [-0.1, -0.05) is 28.1 Å². The maximum atomic E-state index is 12.7. The van der Waals surface area contributed by atoms with E-state index in [4.69, 9.17) is 0 Å². The van der Waals surface area contributed by atoms with Crippen LogP contribution in [0.25, 0.3) is 0 Å². The fourth-order valence-corrected chi connectivity index (χ4v) is 2.26. The SMILES string of the molecule is CC(C)(CCBr)NCc1ccc(F)cc1. The van der Waals surface area contributed by atoms with Gasteiger partial charge in [0.1, 0.15) is 5.82 Å². The Morgan fingerprint density at radius 3 is 2.40 bits per heavy atom. The Hall–Kier alpha value is -0.410. The standard InChI is InChI=1S/C12H17BrFN/c1-12(2,7-8-13)15-9-10-3-5-11(14)6-4-10/h3-6,15H,7-9H2,1-2H3. The molecule has 0 aliphatic rings. The van der Waals surface area contributed by atoms with E-state index in [0.29, 0.717) is 0 Å². The van der Waals surface area contributed by atoms with Crippen molar-refractivity contribution in [3.63, 3.8) is 0 Å². The van der Waals surface area contributed by atoms with Crippen molar-refractivity contribution >= 4 is 15.9 Å². The molecule has 84 valence electrons. The van der Waals surface area contributed by atoms with Crippen LogP contribution in [0.3, 0.4) is 0 Å². The van der Waals surface area contributed by atoms with Crippen LogP contribution in [-0.4, -0.2) is 10.9 Å². The highest BCUT2D eigenvalue weighted by Crippen LogP contribution is 2.11. The van der Waals surface area contributed by atoms with Crippen molar-refractivity contribution in [3.8, 4) is 0 Å². The zero-order valence-electron chi connectivity index (χ0n) is 9.19. The van der Waals surface area contributed by atoms with Gasteiger partial charge in [0.25, 0.3) is 0 Å². The van der Waals surface area contributed by atoms with Gasteiger partial charge in [0.05, 0.1) is 0 Å². The Kier molecular flexibility index (Phi) is 4.74. The zero-order chi connectivity index (χ0) is 11.3. The summed E-state index contributed by atoms with van der Waals surface area (Å²) < 4.78 is 12.7. The summed E-state index contributed by atoms with van der Waals surface area (Å²) in [5.74, 6) is -0.182. The molecule has 15 heavy (non-hydrogen) atoms. The highest BCUT2D eigenvalue weighted by atomic mass is 79.9. The Morgan fingerprint density at radius 1 is 1.27 bits per heavy atom. The van der Waals surface area contributed by atoms with Gasteiger partial charge in [-0.15, -0.1) is 0 Å². The average Bonchev–Trinajstić information content (AvgIpc) is 2.17. The Balaban J connectivity index is 2.46. The summed E-state index contributed by atoms with van der Waals surface area (Å²) in [6.07, 6.45) is 1.06. The number of hydrogen-bond donors (Lipinski definition) is 1. The summed E-state index contributed by atoms with van der Waals surface area (Å²) in [6, 6.07) is 6.61. The van der Waals surface area contributed by atoms with E-state index in [1.807, 2.05) is 12.1 Å². The molecule has 0 atom stereocenters. The highest BCUT2D eigenvalue weighted by molar-refractivity contribution is 9.09. The predicted molar refractivity (Wildman–Crippen MR) is 65.7 cm³/mol. The monoisotopic (exact) mass is 273 g/mol. The van der Waals surface area contributed by atoms with Gasteiger partial charge in [0, 0.05) is 17.4 Å². The molecule has 0 fully saturated rings. The van der Waals surface area contributed by atoms with E-state index in [9.17, 15) is 4.39 Å². The molecule has 1 nitrogen and oxygen atoms in total. The molecule has 0 aliphatic carbocycles. The number of nitrogens with one attached hydrogen (secondary N) is 1. The van der Waals surface area contributed by atoms with E-state index in [2.05, 4.69) is 35.1 Å². The summed E-state index contributed by atoms with van der Waals surface area (Å²) in [6.45, 7) is 5.11. The Labute approximate surface area is 99.2 Å². The van der Waals surface area contributed by atoms with Gasteiger partial charge in [-0.05, 0) is 38.0 Å². The quantitative estimate of drug-likeness (QED) is 0.810. The second kappa shape index (κ2) is 5.61. The lowest BCUT2D eigenvalue weighted by Crippen LogP contribution is -2.38. The third-order valence-corrected chi connectivity index (χ3v) is 2.80. The van der Waals surface area contributed by atoms with E-state index in [-0.39, 0.29) is 11.4 Å². The lowest BCUT2D eigenvalue weighted by molar-refractivity contribution is 0.378. The highest BCUT2D eigenvalue weighted by Gasteiger charge is 2.15. The molecule has 0 unspecified atom stereocenters. The molecule has 0 heterocycles. The minimum absolute atomic E-state index is 0.109. The number of benzene rings is 1. The van der Waals surface area contributed by atoms with E-state index >= 15 is 0 Å². The second-order valence-electron chi connectivity index (χ2n) is 4.30. The molecule has 1 rings (SSSR count). The van der Waals surface area contributed by atoms with Crippen molar-refractivity contribution in [2.45, 2.75) is 32.4 Å². The van der Waals surface area contributed by atoms with Crippen molar-refractivity contribution < 1.29 is 4.39 Å². The molecule has 0 saturated heterocycles. The molecule has 0 radical (unpaired) electrons. The molecule has 0 spiro atoms. The first-order valence-electron chi connectivity index (χ1n) is 5.09. The molecule has 1 N–H and O–H groups in total. The molecule has 0 bridgehead atoms. The first-order chi connectivity index (χ1) is 7.03. The first-order valence-corrected chi connectivity index (χ1v) is 6.21. The zero-order valence-corrected chi connectivity index (χ0v) is 10.8. The van der Waals surface area contributed by atoms with Crippen molar-refractivity contribution in [2.24, 2.45) is 0 Å². The summed E-state index contributed by atoms with van der Waals surface area (Å²) in [7, 11) is 0. The van der Waals surface area contributed by atoms with Crippen LogP contribution in [0.5, 0.6) is 0 Å². The molecule has 0 aliphatic heterocycles. The summed E-state index contributed by atoms with van der Waals surface area (Å²) in [4.78, 5) is 0. The van der Waals surface area contributed by atoms with Gasteiger partial charge in [-0.3, -0.25) is 0 Å². The van der Waals surface area contributed by atoms with Crippen LogP contribution in [0.4, 0.5) is 4.39 Å². The maximum Gasteiger partial charge on any atom is 0.123 e. The van der Waals surface area contributed by atoms with Crippen LogP contribution < -0.4 is 5.32 Å². The van der Waals surface area contributed by atoms with Gasteiger partial charge >= 0.3 is 0 Å². The van der Waals surface area contributed by atoms with Crippen LogP contribution in [0, 0.1) is 5.82 Å². The van der Waals surface area contributed by atoms with Crippen LogP contribution in [0.2, 0.25) is 0 Å². The van der Waals surface area contributed by atoms with Crippen LogP contribution in [0.1, 0.15) is 25.8 Å². The van der Waals surface area contributed by atoms with Crippen LogP contribution in [-0.2, 0) is 6.54 Å². The van der Waals surface area contributed by atoms with Gasteiger partial charge in [-0.25, -0.2) is 4.39 Å². The molecule has 1 aromatic rings. The van der Waals surface area contributed by atoms with Crippen LogP contribution >= 0.6 is 15.9 Å². The van der Waals surface area contributed by atoms with Gasteiger partial charge in [0.15, 0.2) is 0 Å². The molecule has 0 saturated carbocycles. The minimum Gasteiger partial charge on any atom is -0.308 e. The first kappa shape index (κ1) is 12.7. The van der Waals surface area contributed by atoms with Crippen molar-refractivity contribution in [1.29, 1.82) is 0 Å². The third kappa shape index (κ3) is 4.76. The third-order valence-electron chi connectivity index (χ3n) is 2.40. The maximum absolute atomic E-state index is 12.7. The van der Waals surface area contributed by atoms with Crippen LogP contribution in [0.15, 0.2) is 24.3 Å². The average molecular weight is 274 g/mol. The fourth-order valence-electron chi connectivity index (χ4n) is 1.27. The fraction of sp³-hybridized carbons (Fsp3) is 0.500.